The summed E-state index contributed by atoms with van der Waals surface area (Å²) in [5.41, 5.74) is 3.67. The summed E-state index contributed by atoms with van der Waals surface area (Å²) in [6, 6.07) is 10.5. The lowest BCUT2D eigenvalue weighted by Gasteiger charge is -2.09. The molecule has 0 aliphatic carbocycles. The first-order chi connectivity index (χ1) is 8.29. The van der Waals surface area contributed by atoms with Crippen LogP contribution in [0.4, 0.5) is 5.69 Å². The second kappa shape index (κ2) is 5.53. The number of nitrogens with one attached hydrogen (secondary N) is 1. The van der Waals surface area contributed by atoms with Gasteiger partial charge in [-0.1, -0.05) is 24.6 Å². The Labute approximate surface area is 102 Å². The molecule has 17 heavy (non-hydrogen) atoms. The van der Waals surface area contributed by atoms with E-state index in [2.05, 4.69) is 59.3 Å². The van der Waals surface area contributed by atoms with Gasteiger partial charge in [-0.15, -0.1) is 0 Å². The van der Waals surface area contributed by atoms with Crippen molar-refractivity contribution in [3.8, 4) is 0 Å². The van der Waals surface area contributed by atoms with Crippen LogP contribution in [0.2, 0.25) is 0 Å². The average molecular weight is 229 g/mol. The maximum absolute atomic E-state index is 4.31. The van der Waals surface area contributed by atoms with Crippen LogP contribution in [0.1, 0.15) is 24.6 Å². The van der Waals surface area contributed by atoms with Crippen molar-refractivity contribution in [2.75, 3.05) is 5.32 Å². The van der Waals surface area contributed by atoms with Crippen LogP contribution in [0.5, 0.6) is 0 Å². The van der Waals surface area contributed by atoms with Gasteiger partial charge in [0.05, 0.1) is 12.2 Å². The van der Waals surface area contributed by atoms with E-state index in [1.807, 2.05) is 6.20 Å². The van der Waals surface area contributed by atoms with Crippen LogP contribution in [-0.4, -0.2) is 9.78 Å². The molecule has 0 amide bonds. The number of hydrogen-bond acceptors (Lipinski definition) is 2. The minimum Gasteiger partial charge on any atom is -0.379 e. The highest BCUT2D eigenvalue weighted by atomic mass is 15.3. The van der Waals surface area contributed by atoms with E-state index in [1.165, 1.54) is 11.3 Å². The number of benzene rings is 1. The van der Waals surface area contributed by atoms with Crippen molar-refractivity contribution >= 4 is 5.69 Å². The van der Waals surface area contributed by atoms with Gasteiger partial charge >= 0.3 is 0 Å². The smallest absolute Gasteiger partial charge is 0.0575 e. The van der Waals surface area contributed by atoms with E-state index in [0.29, 0.717) is 0 Å². The van der Waals surface area contributed by atoms with Gasteiger partial charge in [-0.05, 0) is 31.5 Å². The first kappa shape index (κ1) is 11.7. The van der Waals surface area contributed by atoms with Crippen molar-refractivity contribution in [2.24, 2.45) is 0 Å². The summed E-state index contributed by atoms with van der Waals surface area (Å²) in [6.45, 7) is 6.07. The number of aromatic nitrogens is 2. The van der Waals surface area contributed by atoms with E-state index in [4.69, 9.17) is 0 Å². The molecule has 2 aromatic rings. The highest BCUT2D eigenvalue weighted by Gasteiger charge is 2.00. The Morgan fingerprint density at radius 2 is 1.94 bits per heavy atom. The molecule has 1 N–H and O–H groups in total. The van der Waals surface area contributed by atoms with Gasteiger partial charge in [-0.3, -0.25) is 4.68 Å². The van der Waals surface area contributed by atoms with Crippen molar-refractivity contribution in [3.05, 3.63) is 47.8 Å². The molecule has 3 nitrogen and oxygen atoms in total. The molecule has 0 aliphatic heterocycles. The minimum atomic E-state index is 0.822. The summed E-state index contributed by atoms with van der Waals surface area (Å²) in [5.74, 6) is 0. The minimum absolute atomic E-state index is 0.822. The molecule has 0 bridgehead atoms. The van der Waals surface area contributed by atoms with Crippen molar-refractivity contribution in [3.63, 3.8) is 0 Å². The number of rotatable bonds is 5. The Kier molecular flexibility index (Phi) is 3.81. The lowest BCUT2D eigenvalue weighted by molar-refractivity contribution is 0.578. The molecular weight excluding hydrogens is 210 g/mol. The summed E-state index contributed by atoms with van der Waals surface area (Å²) < 4.78 is 2.06. The zero-order valence-electron chi connectivity index (χ0n) is 10.5. The molecule has 3 heteroatoms. The van der Waals surface area contributed by atoms with Crippen molar-refractivity contribution < 1.29 is 0 Å². The fraction of sp³-hybridized carbons (Fsp3) is 0.357. The predicted molar refractivity (Wildman–Crippen MR) is 71.0 cm³/mol. The number of nitrogens with zero attached hydrogens (tertiary/aromatic N) is 2. The van der Waals surface area contributed by atoms with Crippen LogP contribution in [-0.2, 0) is 13.1 Å². The molecule has 0 fully saturated rings. The Morgan fingerprint density at radius 3 is 2.65 bits per heavy atom. The van der Waals surface area contributed by atoms with Crippen LogP contribution in [0.15, 0.2) is 36.5 Å². The third-order valence-corrected chi connectivity index (χ3v) is 2.77. The first-order valence-corrected chi connectivity index (χ1v) is 6.11. The molecule has 0 unspecified atom stereocenters. The highest BCUT2D eigenvalue weighted by Crippen LogP contribution is 2.10. The van der Waals surface area contributed by atoms with E-state index in [0.717, 1.165) is 25.2 Å². The van der Waals surface area contributed by atoms with E-state index >= 15 is 0 Å². The fourth-order valence-corrected chi connectivity index (χ4v) is 1.79. The molecule has 0 aliphatic rings. The normalized spacial score (nSPS) is 10.5. The number of hydrogen-bond donors (Lipinski definition) is 1. The molecule has 1 heterocycles. The van der Waals surface area contributed by atoms with E-state index in [-0.39, 0.29) is 0 Å². The van der Waals surface area contributed by atoms with Gasteiger partial charge in [0.25, 0.3) is 0 Å². The number of aryl methyl sites for hydroxylation is 2. The van der Waals surface area contributed by atoms with Crippen LogP contribution in [0.25, 0.3) is 0 Å². The zero-order chi connectivity index (χ0) is 12.1. The van der Waals surface area contributed by atoms with Crippen LogP contribution in [0.3, 0.4) is 0 Å². The van der Waals surface area contributed by atoms with Gasteiger partial charge < -0.3 is 5.32 Å². The molecule has 0 spiro atoms. The molecular formula is C14H19N3. The average Bonchev–Trinajstić information content (AvgIpc) is 2.77. The monoisotopic (exact) mass is 229 g/mol. The van der Waals surface area contributed by atoms with Crippen molar-refractivity contribution in [2.45, 2.75) is 33.4 Å². The predicted octanol–water partition coefficient (Wildman–Crippen LogP) is 3.21. The van der Waals surface area contributed by atoms with E-state index in [1.54, 1.807) is 0 Å². The third kappa shape index (κ3) is 3.09. The van der Waals surface area contributed by atoms with Gasteiger partial charge in [-0.25, -0.2) is 0 Å². The Bertz CT molecular complexity index is 457. The Hall–Kier alpha value is -1.77. The molecule has 1 aromatic carbocycles. The van der Waals surface area contributed by atoms with E-state index < -0.39 is 0 Å². The largest absolute Gasteiger partial charge is 0.379 e. The van der Waals surface area contributed by atoms with Gasteiger partial charge in [0, 0.05) is 18.4 Å². The lowest BCUT2D eigenvalue weighted by Crippen LogP contribution is -2.08. The molecule has 2 rings (SSSR count). The summed E-state index contributed by atoms with van der Waals surface area (Å²) >= 11 is 0. The third-order valence-electron chi connectivity index (χ3n) is 2.77. The van der Waals surface area contributed by atoms with Gasteiger partial charge in [0.2, 0.25) is 0 Å². The first-order valence-electron chi connectivity index (χ1n) is 6.11. The Balaban J connectivity index is 1.97. The topological polar surface area (TPSA) is 29.9 Å². The summed E-state index contributed by atoms with van der Waals surface area (Å²) in [5, 5.41) is 7.72. The van der Waals surface area contributed by atoms with Crippen molar-refractivity contribution in [1.29, 1.82) is 0 Å². The summed E-state index contributed by atoms with van der Waals surface area (Å²) in [4.78, 5) is 0. The number of anilines is 1. The molecule has 90 valence electrons. The second-order valence-electron chi connectivity index (χ2n) is 4.27. The molecule has 0 atom stereocenters. The van der Waals surface area contributed by atoms with Crippen LogP contribution < -0.4 is 5.32 Å². The van der Waals surface area contributed by atoms with Gasteiger partial charge in [0.1, 0.15) is 0 Å². The highest BCUT2D eigenvalue weighted by molar-refractivity contribution is 5.44. The maximum Gasteiger partial charge on any atom is 0.0575 e. The summed E-state index contributed by atoms with van der Waals surface area (Å²) in [6.07, 6.45) is 2.97. The van der Waals surface area contributed by atoms with Gasteiger partial charge in [-0.2, -0.15) is 5.10 Å². The van der Waals surface area contributed by atoms with Crippen LogP contribution >= 0.6 is 0 Å². The fourth-order valence-electron chi connectivity index (χ4n) is 1.79. The lowest BCUT2D eigenvalue weighted by atomic mass is 10.2. The quantitative estimate of drug-likeness (QED) is 0.853. The van der Waals surface area contributed by atoms with Crippen molar-refractivity contribution in [1.82, 2.24) is 9.78 Å². The second-order valence-corrected chi connectivity index (χ2v) is 4.27. The van der Waals surface area contributed by atoms with E-state index in [9.17, 15) is 0 Å². The SMILES string of the molecule is CCCn1nccc1CNc1ccc(C)cc1. The molecule has 0 saturated heterocycles. The molecule has 0 saturated carbocycles. The zero-order valence-corrected chi connectivity index (χ0v) is 10.5. The standard InChI is InChI=1S/C14H19N3/c1-3-10-17-14(8-9-16-17)11-15-13-6-4-12(2)5-7-13/h4-9,15H,3,10-11H2,1-2H3. The Morgan fingerprint density at radius 1 is 1.18 bits per heavy atom. The van der Waals surface area contributed by atoms with Gasteiger partial charge in [0.15, 0.2) is 0 Å². The molecule has 1 aromatic heterocycles. The summed E-state index contributed by atoms with van der Waals surface area (Å²) in [7, 11) is 0. The molecule has 0 radical (unpaired) electrons. The van der Waals surface area contributed by atoms with Crippen LogP contribution in [0, 0.1) is 6.92 Å². The maximum atomic E-state index is 4.31.